The molecule has 1 N–H and O–H groups in total. The molecule has 3 nitrogen and oxygen atoms in total. The van der Waals surface area contributed by atoms with Gasteiger partial charge in [-0.25, -0.2) is 0 Å². The van der Waals surface area contributed by atoms with E-state index in [2.05, 4.69) is 28.4 Å². The molecule has 0 amide bonds. The zero-order chi connectivity index (χ0) is 13.1. The molecule has 0 aliphatic carbocycles. The Labute approximate surface area is 115 Å². The summed E-state index contributed by atoms with van der Waals surface area (Å²) in [4.78, 5) is 2.57. The Kier molecular flexibility index (Phi) is 3.92. The van der Waals surface area contributed by atoms with Gasteiger partial charge in [-0.15, -0.1) is 0 Å². The molecule has 1 aromatic rings. The Morgan fingerprint density at radius 2 is 2.16 bits per heavy atom. The van der Waals surface area contributed by atoms with Crippen molar-refractivity contribution in [2.24, 2.45) is 5.92 Å². The number of benzene rings is 1. The molecule has 3 rings (SSSR count). The van der Waals surface area contributed by atoms with Crippen molar-refractivity contribution in [1.82, 2.24) is 0 Å². The SMILES string of the molecule is COCC1CCN(c2cccc3c2CCCN3)CC1. The van der Waals surface area contributed by atoms with Crippen LogP contribution in [0.4, 0.5) is 11.4 Å². The lowest BCUT2D eigenvalue weighted by Gasteiger charge is -2.35. The monoisotopic (exact) mass is 260 g/mol. The first-order valence-electron chi connectivity index (χ1n) is 7.48. The number of methoxy groups -OCH3 is 1. The van der Waals surface area contributed by atoms with Crippen molar-refractivity contribution in [3.63, 3.8) is 0 Å². The highest BCUT2D eigenvalue weighted by Crippen LogP contribution is 2.33. The van der Waals surface area contributed by atoms with Gasteiger partial charge in [0.1, 0.15) is 0 Å². The summed E-state index contributed by atoms with van der Waals surface area (Å²) in [5.41, 5.74) is 4.34. The highest BCUT2D eigenvalue weighted by atomic mass is 16.5. The smallest absolute Gasteiger partial charge is 0.0491 e. The summed E-state index contributed by atoms with van der Waals surface area (Å²) in [6.07, 6.45) is 4.98. The maximum Gasteiger partial charge on any atom is 0.0491 e. The molecule has 0 aromatic heterocycles. The highest BCUT2D eigenvalue weighted by molar-refractivity contribution is 5.68. The fourth-order valence-corrected chi connectivity index (χ4v) is 3.36. The van der Waals surface area contributed by atoms with Gasteiger partial charge in [0.05, 0.1) is 0 Å². The van der Waals surface area contributed by atoms with Gasteiger partial charge in [0, 0.05) is 44.7 Å². The molecule has 104 valence electrons. The van der Waals surface area contributed by atoms with Gasteiger partial charge in [-0.1, -0.05) is 6.07 Å². The van der Waals surface area contributed by atoms with Crippen molar-refractivity contribution in [2.45, 2.75) is 25.7 Å². The number of rotatable bonds is 3. The molecule has 1 aromatic carbocycles. The minimum absolute atomic E-state index is 0.749. The van der Waals surface area contributed by atoms with Gasteiger partial charge < -0.3 is 15.0 Å². The molecule has 2 aliphatic heterocycles. The van der Waals surface area contributed by atoms with E-state index in [1.807, 2.05) is 7.11 Å². The van der Waals surface area contributed by atoms with Gasteiger partial charge in [0.25, 0.3) is 0 Å². The minimum Gasteiger partial charge on any atom is -0.385 e. The normalized spacial score (nSPS) is 19.9. The molecule has 2 heterocycles. The number of nitrogens with one attached hydrogen (secondary N) is 1. The van der Waals surface area contributed by atoms with Crippen LogP contribution in [0.3, 0.4) is 0 Å². The van der Waals surface area contributed by atoms with Crippen LogP contribution in [0.25, 0.3) is 0 Å². The first-order valence-corrected chi connectivity index (χ1v) is 7.48. The highest BCUT2D eigenvalue weighted by Gasteiger charge is 2.22. The molecule has 1 fully saturated rings. The van der Waals surface area contributed by atoms with E-state index in [9.17, 15) is 0 Å². The molecule has 0 atom stereocenters. The third kappa shape index (κ3) is 2.71. The summed E-state index contributed by atoms with van der Waals surface area (Å²) in [5, 5.41) is 3.52. The fraction of sp³-hybridized carbons (Fsp3) is 0.625. The van der Waals surface area contributed by atoms with E-state index in [4.69, 9.17) is 4.74 Å². The average Bonchev–Trinajstić information content (AvgIpc) is 2.48. The summed E-state index contributed by atoms with van der Waals surface area (Å²) < 4.78 is 5.28. The van der Waals surface area contributed by atoms with E-state index in [0.29, 0.717) is 0 Å². The lowest BCUT2D eigenvalue weighted by molar-refractivity contribution is 0.139. The summed E-state index contributed by atoms with van der Waals surface area (Å²) >= 11 is 0. The van der Waals surface area contributed by atoms with Crippen LogP contribution < -0.4 is 10.2 Å². The number of piperidine rings is 1. The van der Waals surface area contributed by atoms with Gasteiger partial charge in [0.2, 0.25) is 0 Å². The van der Waals surface area contributed by atoms with Crippen molar-refractivity contribution in [1.29, 1.82) is 0 Å². The van der Waals surface area contributed by atoms with Crippen LogP contribution in [0, 0.1) is 5.92 Å². The Hall–Kier alpha value is -1.22. The molecule has 3 heteroatoms. The number of nitrogens with zero attached hydrogens (tertiary/aromatic N) is 1. The summed E-state index contributed by atoms with van der Waals surface area (Å²) in [7, 11) is 1.81. The molecular formula is C16H24N2O. The topological polar surface area (TPSA) is 24.5 Å². The number of fused-ring (bicyclic) bond motifs is 1. The Morgan fingerprint density at radius 1 is 1.32 bits per heavy atom. The lowest BCUT2D eigenvalue weighted by Crippen LogP contribution is -2.36. The average molecular weight is 260 g/mol. The Morgan fingerprint density at radius 3 is 2.95 bits per heavy atom. The number of anilines is 2. The van der Waals surface area contributed by atoms with Gasteiger partial charge in [-0.3, -0.25) is 0 Å². The molecule has 0 bridgehead atoms. The quantitative estimate of drug-likeness (QED) is 0.904. The molecule has 2 aliphatic rings. The van der Waals surface area contributed by atoms with Crippen LogP contribution in [0.15, 0.2) is 18.2 Å². The summed E-state index contributed by atoms with van der Waals surface area (Å²) in [5.74, 6) is 0.749. The van der Waals surface area contributed by atoms with Crippen molar-refractivity contribution >= 4 is 11.4 Å². The molecular weight excluding hydrogens is 236 g/mol. The van der Waals surface area contributed by atoms with Crippen molar-refractivity contribution < 1.29 is 4.74 Å². The molecule has 0 spiro atoms. The van der Waals surface area contributed by atoms with Crippen molar-refractivity contribution in [3.05, 3.63) is 23.8 Å². The van der Waals surface area contributed by atoms with Crippen LogP contribution in [0.1, 0.15) is 24.8 Å². The predicted molar refractivity (Wildman–Crippen MR) is 80.1 cm³/mol. The Balaban J connectivity index is 1.73. The number of hydrogen-bond donors (Lipinski definition) is 1. The zero-order valence-corrected chi connectivity index (χ0v) is 11.8. The second-order valence-corrected chi connectivity index (χ2v) is 5.72. The van der Waals surface area contributed by atoms with E-state index < -0.39 is 0 Å². The van der Waals surface area contributed by atoms with Crippen LogP contribution >= 0.6 is 0 Å². The Bertz CT molecular complexity index is 425. The van der Waals surface area contributed by atoms with E-state index in [0.717, 1.165) is 19.1 Å². The predicted octanol–water partition coefficient (Wildman–Crippen LogP) is 2.91. The molecule has 0 saturated carbocycles. The second-order valence-electron chi connectivity index (χ2n) is 5.72. The van der Waals surface area contributed by atoms with Crippen LogP contribution in [-0.4, -0.2) is 33.4 Å². The fourth-order valence-electron chi connectivity index (χ4n) is 3.36. The minimum atomic E-state index is 0.749. The van der Waals surface area contributed by atoms with Gasteiger partial charge in [-0.2, -0.15) is 0 Å². The largest absolute Gasteiger partial charge is 0.385 e. The van der Waals surface area contributed by atoms with Crippen molar-refractivity contribution in [3.8, 4) is 0 Å². The van der Waals surface area contributed by atoms with Crippen LogP contribution in [-0.2, 0) is 11.2 Å². The van der Waals surface area contributed by atoms with Crippen molar-refractivity contribution in [2.75, 3.05) is 43.6 Å². The molecule has 1 saturated heterocycles. The summed E-state index contributed by atoms with van der Waals surface area (Å²) in [6, 6.07) is 6.70. The first kappa shape index (κ1) is 12.8. The molecule has 19 heavy (non-hydrogen) atoms. The van der Waals surface area contributed by atoms with E-state index >= 15 is 0 Å². The first-order chi connectivity index (χ1) is 9.38. The van der Waals surface area contributed by atoms with Gasteiger partial charge >= 0.3 is 0 Å². The molecule has 0 radical (unpaired) electrons. The maximum absolute atomic E-state index is 5.28. The third-order valence-electron chi connectivity index (χ3n) is 4.43. The van der Waals surface area contributed by atoms with Gasteiger partial charge in [0.15, 0.2) is 0 Å². The van der Waals surface area contributed by atoms with E-state index in [1.165, 1.54) is 55.7 Å². The number of hydrogen-bond acceptors (Lipinski definition) is 3. The van der Waals surface area contributed by atoms with Crippen LogP contribution in [0.5, 0.6) is 0 Å². The van der Waals surface area contributed by atoms with E-state index in [1.54, 1.807) is 0 Å². The summed E-state index contributed by atoms with van der Waals surface area (Å²) in [6.45, 7) is 4.38. The lowest BCUT2D eigenvalue weighted by atomic mass is 9.95. The van der Waals surface area contributed by atoms with E-state index in [-0.39, 0.29) is 0 Å². The number of ether oxygens (including phenoxy) is 1. The third-order valence-corrected chi connectivity index (χ3v) is 4.43. The standard InChI is InChI=1S/C16H24N2O/c1-19-12-13-7-10-18(11-8-13)16-6-2-5-15-14(16)4-3-9-17-15/h2,5-6,13,17H,3-4,7-12H2,1H3. The zero-order valence-electron chi connectivity index (χ0n) is 11.8. The van der Waals surface area contributed by atoms with Gasteiger partial charge in [-0.05, 0) is 49.3 Å². The maximum atomic E-state index is 5.28. The second kappa shape index (κ2) is 5.83. The molecule has 0 unspecified atom stereocenters. The van der Waals surface area contributed by atoms with Crippen LogP contribution in [0.2, 0.25) is 0 Å².